The molecule has 0 aromatic heterocycles. The molecule has 7 nitrogen and oxygen atoms in total. The Hall–Kier alpha value is -2.70. The number of allylic oxidation sites excluding steroid dienone is 1. The van der Waals surface area contributed by atoms with Gasteiger partial charge in [-0.25, -0.2) is 0 Å². The normalized spacial score (nSPS) is 14.8. The monoisotopic (exact) mass is 265 g/mol. The van der Waals surface area contributed by atoms with Gasteiger partial charge in [0, 0.05) is 5.56 Å². The number of phenols is 3. The number of hydrogen-bond donors (Lipinski definition) is 5. The first kappa shape index (κ1) is 12.7. The number of ketones is 2. The first-order valence-corrected chi connectivity index (χ1v) is 5.40. The molecule has 7 heteroatoms. The molecule has 0 heterocycles. The Morgan fingerprint density at radius 1 is 0.895 bits per heavy atom. The molecule has 0 saturated carbocycles. The molecule has 19 heavy (non-hydrogen) atoms. The SMILES string of the molecule is CCc1c(O)c(O)c2c(c1O)C(=O)C(=O)C(N)=C2O. The molecule has 1 aromatic carbocycles. The standard InChI is InChI=1S/C12H11NO6/c1-2-3-7(14)4-5(10(17)8(3)15)9(16)6(13)12(19)11(4)18/h14-17H,2,13H2,1H3. The molecular weight excluding hydrogens is 254 g/mol. The fourth-order valence-electron chi connectivity index (χ4n) is 2.03. The summed E-state index contributed by atoms with van der Waals surface area (Å²) in [6.45, 7) is 1.57. The summed E-state index contributed by atoms with van der Waals surface area (Å²) < 4.78 is 0. The summed E-state index contributed by atoms with van der Waals surface area (Å²) in [7, 11) is 0. The van der Waals surface area contributed by atoms with Gasteiger partial charge in [0.05, 0.1) is 11.1 Å². The number of Topliss-reactive ketones (excluding diaryl/α,β-unsaturated/α-hetero) is 2. The molecule has 0 radical (unpaired) electrons. The van der Waals surface area contributed by atoms with Crippen LogP contribution in [-0.2, 0) is 11.2 Å². The van der Waals surface area contributed by atoms with Crippen LogP contribution < -0.4 is 5.73 Å². The zero-order valence-electron chi connectivity index (χ0n) is 9.89. The largest absolute Gasteiger partial charge is 0.507 e. The predicted molar refractivity (Wildman–Crippen MR) is 63.9 cm³/mol. The van der Waals surface area contributed by atoms with Gasteiger partial charge in [-0.2, -0.15) is 0 Å². The molecule has 0 spiro atoms. The summed E-state index contributed by atoms with van der Waals surface area (Å²) in [4.78, 5) is 23.3. The highest BCUT2D eigenvalue weighted by Gasteiger charge is 2.38. The second kappa shape index (κ2) is 3.91. The summed E-state index contributed by atoms with van der Waals surface area (Å²) in [6, 6.07) is 0. The molecule has 1 aliphatic carbocycles. The van der Waals surface area contributed by atoms with Crippen molar-refractivity contribution in [3.8, 4) is 17.2 Å². The second-order valence-corrected chi connectivity index (χ2v) is 4.05. The zero-order valence-corrected chi connectivity index (χ0v) is 9.89. The molecule has 0 saturated heterocycles. The van der Waals surface area contributed by atoms with Crippen LogP contribution in [0.4, 0.5) is 0 Å². The smallest absolute Gasteiger partial charge is 0.253 e. The highest BCUT2D eigenvalue weighted by Crippen LogP contribution is 2.47. The van der Waals surface area contributed by atoms with Crippen LogP contribution in [0.2, 0.25) is 0 Å². The van der Waals surface area contributed by atoms with Crippen LogP contribution in [0, 0.1) is 0 Å². The number of nitrogens with two attached hydrogens (primary N) is 1. The van der Waals surface area contributed by atoms with Crippen LogP contribution in [0.5, 0.6) is 17.2 Å². The Bertz CT molecular complexity index is 659. The molecule has 1 aromatic rings. The Morgan fingerprint density at radius 2 is 1.47 bits per heavy atom. The van der Waals surface area contributed by atoms with Crippen LogP contribution in [0.15, 0.2) is 5.70 Å². The molecule has 2 rings (SSSR count). The number of carbonyl (C=O) groups excluding carboxylic acids is 2. The van der Waals surface area contributed by atoms with E-state index in [1.165, 1.54) is 0 Å². The van der Waals surface area contributed by atoms with Crippen molar-refractivity contribution in [2.45, 2.75) is 13.3 Å². The topological polar surface area (TPSA) is 141 Å². The minimum Gasteiger partial charge on any atom is -0.507 e. The van der Waals surface area contributed by atoms with Crippen molar-refractivity contribution in [1.29, 1.82) is 0 Å². The number of aromatic hydroxyl groups is 3. The average Bonchev–Trinajstić information content (AvgIpc) is 2.38. The summed E-state index contributed by atoms with van der Waals surface area (Å²) in [5.41, 5.74) is 3.33. The summed E-state index contributed by atoms with van der Waals surface area (Å²) in [5, 5.41) is 39.1. The molecule has 0 bridgehead atoms. The molecule has 0 atom stereocenters. The molecule has 0 fully saturated rings. The van der Waals surface area contributed by atoms with Gasteiger partial charge in [-0.1, -0.05) is 6.92 Å². The minimum absolute atomic E-state index is 0.0920. The molecule has 6 N–H and O–H groups in total. The third-order valence-electron chi connectivity index (χ3n) is 3.04. The Morgan fingerprint density at radius 3 is 2.00 bits per heavy atom. The van der Waals surface area contributed by atoms with Gasteiger partial charge in [0.2, 0.25) is 5.78 Å². The first-order chi connectivity index (χ1) is 8.82. The fraction of sp³-hybridized carbons (Fsp3) is 0.167. The van der Waals surface area contributed by atoms with Gasteiger partial charge in [0.15, 0.2) is 17.3 Å². The van der Waals surface area contributed by atoms with Crippen molar-refractivity contribution in [3.63, 3.8) is 0 Å². The Labute approximate surface area is 107 Å². The zero-order chi connectivity index (χ0) is 14.5. The van der Waals surface area contributed by atoms with Gasteiger partial charge in [0.25, 0.3) is 5.78 Å². The Balaban J connectivity index is 2.99. The van der Waals surface area contributed by atoms with Gasteiger partial charge in [0.1, 0.15) is 11.4 Å². The van der Waals surface area contributed by atoms with Crippen LogP contribution in [0.3, 0.4) is 0 Å². The summed E-state index contributed by atoms with van der Waals surface area (Å²) >= 11 is 0. The van der Waals surface area contributed by atoms with E-state index in [0.717, 1.165) is 0 Å². The third-order valence-corrected chi connectivity index (χ3v) is 3.04. The van der Waals surface area contributed by atoms with E-state index in [2.05, 4.69) is 0 Å². The van der Waals surface area contributed by atoms with Crippen molar-refractivity contribution in [2.24, 2.45) is 5.73 Å². The maximum absolute atomic E-state index is 11.8. The van der Waals surface area contributed by atoms with E-state index < -0.39 is 51.4 Å². The molecule has 0 amide bonds. The number of hydrogen-bond acceptors (Lipinski definition) is 7. The van der Waals surface area contributed by atoms with E-state index in [9.17, 15) is 30.0 Å². The maximum Gasteiger partial charge on any atom is 0.253 e. The lowest BCUT2D eigenvalue weighted by Crippen LogP contribution is -2.28. The van der Waals surface area contributed by atoms with E-state index >= 15 is 0 Å². The summed E-state index contributed by atoms with van der Waals surface area (Å²) in [5.74, 6) is -5.28. The lowest BCUT2D eigenvalue weighted by Gasteiger charge is -2.20. The van der Waals surface area contributed by atoms with Gasteiger partial charge in [-0.15, -0.1) is 0 Å². The van der Waals surface area contributed by atoms with Crippen molar-refractivity contribution >= 4 is 17.3 Å². The maximum atomic E-state index is 11.8. The van der Waals surface area contributed by atoms with Crippen molar-refractivity contribution in [2.75, 3.05) is 0 Å². The van der Waals surface area contributed by atoms with E-state index in [-0.39, 0.29) is 12.0 Å². The predicted octanol–water partition coefficient (Wildman–Crippen LogP) is 0.317. The molecule has 0 aliphatic heterocycles. The average molecular weight is 265 g/mol. The number of aliphatic hydroxyl groups is 1. The first-order valence-electron chi connectivity index (χ1n) is 5.40. The number of rotatable bonds is 1. The number of fused-ring (bicyclic) bond motifs is 1. The van der Waals surface area contributed by atoms with E-state index in [1.54, 1.807) is 6.92 Å². The molecule has 0 unspecified atom stereocenters. The van der Waals surface area contributed by atoms with E-state index in [1.807, 2.05) is 0 Å². The van der Waals surface area contributed by atoms with Crippen molar-refractivity contribution in [3.05, 3.63) is 22.4 Å². The van der Waals surface area contributed by atoms with Crippen molar-refractivity contribution in [1.82, 2.24) is 0 Å². The van der Waals surface area contributed by atoms with Gasteiger partial charge >= 0.3 is 0 Å². The fourth-order valence-corrected chi connectivity index (χ4v) is 2.03. The third kappa shape index (κ3) is 1.44. The highest BCUT2D eigenvalue weighted by atomic mass is 16.3. The van der Waals surface area contributed by atoms with Gasteiger partial charge in [-0.3, -0.25) is 9.59 Å². The van der Waals surface area contributed by atoms with Gasteiger partial charge in [-0.05, 0) is 6.42 Å². The molecule has 100 valence electrons. The van der Waals surface area contributed by atoms with Crippen LogP contribution in [0.1, 0.15) is 28.4 Å². The number of benzene rings is 1. The second-order valence-electron chi connectivity index (χ2n) is 4.05. The van der Waals surface area contributed by atoms with E-state index in [0.29, 0.717) is 0 Å². The quantitative estimate of drug-likeness (QED) is 0.279. The van der Waals surface area contributed by atoms with E-state index in [4.69, 9.17) is 5.73 Å². The lowest BCUT2D eigenvalue weighted by molar-refractivity contribution is -0.112. The van der Waals surface area contributed by atoms with Crippen LogP contribution >= 0.6 is 0 Å². The minimum atomic E-state index is -1.17. The van der Waals surface area contributed by atoms with Crippen LogP contribution in [-0.4, -0.2) is 32.0 Å². The number of carbonyl (C=O) groups is 2. The lowest BCUT2D eigenvalue weighted by atomic mass is 9.87. The Kier molecular flexibility index (Phi) is 2.62. The van der Waals surface area contributed by atoms with Crippen molar-refractivity contribution < 1.29 is 30.0 Å². The molecule has 1 aliphatic rings. The highest BCUT2D eigenvalue weighted by molar-refractivity contribution is 6.52. The number of phenolic OH excluding ortho intramolecular Hbond substituents is 3. The number of aliphatic hydroxyl groups excluding tert-OH is 1. The molecular formula is C12H11NO6. The van der Waals surface area contributed by atoms with Gasteiger partial charge < -0.3 is 26.2 Å². The van der Waals surface area contributed by atoms with Crippen LogP contribution in [0.25, 0.3) is 5.76 Å². The summed E-state index contributed by atoms with van der Waals surface area (Å²) in [6.07, 6.45) is 0.111.